The van der Waals surface area contributed by atoms with Crippen LogP contribution in [0.2, 0.25) is 0 Å². The van der Waals surface area contributed by atoms with Gasteiger partial charge in [-0.15, -0.1) is 0 Å². The van der Waals surface area contributed by atoms with Crippen LogP contribution in [0.3, 0.4) is 0 Å². The Hall–Kier alpha value is -2.29. The number of carbonyl (C=O) groups excluding carboxylic acids is 1. The van der Waals surface area contributed by atoms with Gasteiger partial charge in [0.05, 0.1) is 12.6 Å². The molecule has 21 heavy (non-hydrogen) atoms. The number of ether oxygens (including phenoxy) is 1. The molecule has 0 unspecified atom stereocenters. The quantitative estimate of drug-likeness (QED) is 0.734. The van der Waals surface area contributed by atoms with E-state index in [4.69, 9.17) is 4.74 Å². The number of fused-ring (bicyclic) bond motifs is 5. The molecule has 0 radical (unpaired) electrons. The highest BCUT2D eigenvalue weighted by Crippen LogP contribution is 2.55. The van der Waals surface area contributed by atoms with Crippen molar-refractivity contribution in [3.05, 3.63) is 59.7 Å². The molecule has 0 N–H and O–H groups in total. The third-order valence-electron chi connectivity index (χ3n) is 4.81. The van der Waals surface area contributed by atoms with Crippen molar-refractivity contribution >= 4 is 6.09 Å². The highest BCUT2D eigenvalue weighted by atomic mass is 16.5. The number of amides is 1. The molecular formula is C18H17NO2. The van der Waals surface area contributed by atoms with E-state index in [0.29, 0.717) is 0 Å². The summed E-state index contributed by atoms with van der Waals surface area (Å²) < 4.78 is 5.04. The highest BCUT2D eigenvalue weighted by Gasteiger charge is 2.52. The first-order valence-corrected chi connectivity index (χ1v) is 7.34. The fourth-order valence-electron chi connectivity index (χ4n) is 4.04. The second kappa shape index (κ2) is 4.35. The van der Waals surface area contributed by atoms with Crippen LogP contribution in [-0.4, -0.2) is 24.6 Å². The molecule has 2 aromatic carbocycles. The highest BCUT2D eigenvalue weighted by molar-refractivity contribution is 5.84. The predicted molar refractivity (Wildman–Crippen MR) is 81.0 cm³/mol. The van der Waals surface area contributed by atoms with Crippen molar-refractivity contribution < 1.29 is 9.53 Å². The molecule has 2 aliphatic rings. The maximum atomic E-state index is 12.3. The van der Waals surface area contributed by atoms with E-state index in [1.165, 1.54) is 29.4 Å². The molecule has 1 aliphatic carbocycles. The molecule has 106 valence electrons. The lowest BCUT2D eigenvalue weighted by Crippen LogP contribution is -2.44. The standard InChI is InChI=1S/C18H17NO2/c1-21-17(20)19-12-6-11-18(19)15-9-4-2-7-13(15)14-8-3-5-10-16(14)18/h2-5,7-10H,6,11-12H2,1H3. The van der Waals surface area contributed by atoms with Gasteiger partial charge in [0, 0.05) is 6.54 Å². The number of likely N-dealkylation sites (tertiary alicyclic amines) is 1. The number of nitrogens with zero attached hydrogens (tertiary/aromatic N) is 1. The molecule has 0 aromatic heterocycles. The second-order valence-electron chi connectivity index (χ2n) is 5.68. The lowest BCUT2D eigenvalue weighted by molar-refractivity contribution is 0.0999. The molecule has 1 fully saturated rings. The van der Waals surface area contributed by atoms with Gasteiger partial charge in [-0.25, -0.2) is 4.79 Å². The summed E-state index contributed by atoms with van der Waals surface area (Å²) >= 11 is 0. The summed E-state index contributed by atoms with van der Waals surface area (Å²) in [6.45, 7) is 0.745. The Labute approximate surface area is 124 Å². The lowest BCUT2D eigenvalue weighted by Gasteiger charge is -2.36. The van der Waals surface area contributed by atoms with Crippen LogP contribution in [-0.2, 0) is 10.3 Å². The zero-order valence-electron chi connectivity index (χ0n) is 12.0. The van der Waals surface area contributed by atoms with Crippen LogP contribution in [0.15, 0.2) is 48.5 Å². The minimum Gasteiger partial charge on any atom is -0.453 e. The SMILES string of the molecule is COC(=O)N1CCCC12c1ccccc1-c1ccccc12. The first-order chi connectivity index (χ1) is 10.3. The number of hydrogen-bond acceptors (Lipinski definition) is 2. The molecular weight excluding hydrogens is 262 g/mol. The van der Waals surface area contributed by atoms with E-state index in [0.717, 1.165) is 19.4 Å². The largest absolute Gasteiger partial charge is 0.453 e. The smallest absolute Gasteiger partial charge is 0.410 e. The van der Waals surface area contributed by atoms with Gasteiger partial charge in [0.15, 0.2) is 0 Å². The van der Waals surface area contributed by atoms with Crippen molar-refractivity contribution in [2.75, 3.05) is 13.7 Å². The third kappa shape index (κ3) is 1.46. The zero-order valence-corrected chi connectivity index (χ0v) is 12.0. The van der Waals surface area contributed by atoms with Crippen molar-refractivity contribution in [2.45, 2.75) is 18.4 Å². The van der Waals surface area contributed by atoms with Gasteiger partial charge in [0.2, 0.25) is 0 Å². The van der Waals surface area contributed by atoms with Crippen molar-refractivity contribution in [1.29, 1.82) is 0 Å². The monoisotopic (exact) mass is 279 g/mol. The number of rotatable bonds is 0. The summed E-state index contributed by atoms with van der Waals surface area (Å²) in [6, 6.07) is 16.8. The Morgan fingerprint density at radius 1 is 1.05 bits per heavy atom. The minimum atomic E-state index is -0.347. The lowest BCUT2D eigenvalue weighted by atomic mass is 9.85. The topological polar surface area (TPSA) is 29.5 Å². The summed E-state index contributed by atoms with van der Waals surface area (Å²) in [6.07, 6.45) is 1.72. The Kier molecular flexibility index (Phi) is 2.58. The average molecular weight is 279 g/mol. The van der Waals surface area contributed by atoms with E-state index in [9.17, 15) is 4.79 Å². The molecule has 0 bridgehead atoms. The van der Waals surface area contributed by atoms with Gasteiger partial charge < -0.3 is 4.74 Å². The van der Waals surface area contributed by atoms with E-state index < -0.39 is 0 Å². The molecule has 1 aliphatic heterocycles. The summed E-state index contributed by atoms with van der Waals surface area (Å²) in [5.41, 5.74) is 4.59. The van der Waals surface area contributed by atoms with Gasteiger partial charge in [-0.3, -0.25) is 4.90 Å². The molecule has 4 rings (SSSR count). The number of benzene rings is 2. The van der Waals surface area contributed by atoms with Crippen molar-refractivity contribution in [1.82, 2.24) is 4.90 Å². The average Bonchev–Trinajstić information content (AvgIpc) is 3.10. The fourth-order valence-corrected chi connectivity index (χ4v) is 4.04. The normalized spacial score (nSPS) is 17.7. The first kappa shape index (κ1) is 12.5. The van der Waals surface area contributed by atoms with Crippen LogP contribution in [0.25, 0.3) is 11.1 Å². The van der Waals surface area contributed by atoms with Crippen LogP contribution in [0, 0.1) is 0 Å². The molecule has 1 heterocycles. The maximum absolute atomic E-state index is 12.3. The van der Waals surface area contributed by atoms with Crippen LogP contribution >= 0.6 is 0 Å². The van der Waals surface area contributed by atoms with Crippen molar-refractivity contribution in [2.24, 2.45) is 0 Å². The van der Waals surface area contributed by atoms with Gasteiger partial charge in [-0.1, -0.05) is 48.5 Å². The zero-order chi connectivity index (χ0) is 14.4. The fraction of sp³-hybridized carbons (Fsp3) is 0.278. The van der Waals surface area contributed by atoms with Gasteiger partial charge >= 0.3 is 6.09 Å². The minimum absolute atomic E-state index is 0.237. The van der Waals surface area contributed by atoms with Crippen LogP contribution in [0.1, 0.15) is 24.0 Å². The number of methoxy groups -OCH3 is 1. The summed E-state index contributed by atoms with van der Waals surface area (Å²) in [7, 11) is 1.46. The molecule has 0 saturated carbocycles. The number of carbonyl (C=O) groups is 1. The summed E-state index contributed by atoms with van der Waals surface area (Å²) in [5.74, 6) is 0. The first-order valence-electron chi connectivity index (χ1n) is 7.34. The van der Waals surface area contributed by atoms with E-state index in [2.05, 4.69) is 48.5 Å². The summed E-state index contributed by atoms with van der Waals surface area (Å²) in [4.78, 5) is 14.2. The van der Waals surface area contributed by atoms with Crippen LogP contribution in [0.5, 0.6) is 0 Å². The Morgan fingerprint density at radius 2 is 1.62 bits per heavy atom. The van der Waals surface area contributed by atoms with Crippen LogP contribution in [0.4, 0.5) is 4.79 Å². The Balaban J connectivity index is 2.02. The third-order valence-corrected chi connectivity index (χ3v) is 4.81. The van der Waals surface area contributed by atoms with Gasteiger partial charge in [-0.05, 0) is 35.1 Å². The molecule has 3 heteroatoms. The van der Waals surface area contributed by atoms with E-state index in [-0.39, 0.29) is 11.6 Å². The van der Waals surface area contributed by atoms with Crippen molar-refractivity contribution in [3.8, 4) is 11.1 Å². The van der Waals surface area contributed by atoms with Crippen molar-refractivity contribution in [3.63, 3.8) is 0 Å². The number of hydrogen-bond donors (Lipinski definition) is 0. The molecule has 3 nitrogen and oxygen atoms in total. The molecule has 1 spiro atoms. The molecule has 1 saturated heterocycles. The summed E-state index contributed by atoms with van der Waals surface area (Å²) in [5, 5.41) is 0. The Bertz CT molecular complexity index is 677. The Morgan fingerprint density at radius 3 is 2.19 bits per heavy atom. The van der Waals surface area contributed by atoms with E-state index in [1.54, 1.807) is 0 Å². The maximum Gasteiger partial charge on any atom is 0.410 e. The molecule has 1 amide bonds. The van der Waals surface area contributed by atoms with Crippen LogP contribution < -0.4 is 0 Å². The van der Waals surface area contributed by atoms with E-state index >= 15 is 0 Å². The second-order valence-corrected chi connectivity index (χ2v) is 5.68. The van der Waals surface area contributed by atoms with Gasteiger partial charge in [0.25, 0.3) is 0 Å². The van der Waals surface area contributed by atoms with Gasteiger partial charge in [0.1, 0.15) is 0 Å². The predicted octanol–water partition coefficient (Wildman–Crippen LogP) is 3.77. The molecule has 0 atom stereocenters. The van der Waals surface area contributed by atoms with E-state index in [1.807, 2.05) is 4.90 Å². The molecule has 2 aromatic rings. The van der Waals surface area contributed by atoms with Gasteiger partial charge in [-0.2, -0.15) is 0 Å².